The van der Waals surface area contributed by atoms with E-state index in [1.807, 2.05) is 56.3 Å². The van der Waals surface area contributed by atoms with Crippen molar-refractivity contribution in [3.8, 4) is 11.1 Å². The average molecular weight is 451 g/mol. The number of carbonyl (C=O) groups is 2. The Labute approximate surface area is 193 Å². The second kappa shape index (κ2) is 9.88. The summed E-state index contributed by atoms with van der Waals surface area (Å²) >= 11 is 6.14. The predicted octanol–water partition coefficient (Wildman–Crippen LogP) is 6.00. The van der Waals surface area contributed by atoms with Crippen LogP contribution in [0.15, 0.2) is 60.7 Å². The molecular weight excluding hydrogens is 424 g/mol. The molecule has 0 aromatic heterocycles. The van der Waals surface area contributed by atoms with Gasteiger partial charge in [0.1, 0.15) is 6.04 Å². The van der Waals surface area contributed by atoms with E-state index in [-0.39, 0.29) is 6.04 Å². The van der Waals surface area contributed by atoms with Crippen LogP contribution in [0.5, 0.6) is 0 Å². The number of benzene rings is 3. The van der Waals surface area contributed by atoms with Gasteiger partial charge >= 0.3 is 5.97 Å². The van der Waals surface area contributed by atoms with Crippen LogP contribution in [0.3, 0.4) is 0 Å². The van der Waals surface area contributed by atoms with Crippen LogP contribution in [-0.4, -0.2) is 23.0 Å². The number of aryl methyl sites for hydroxylation is 2. The minimum absolute atomic E-state index is 0.102. The Morgan fingerprint density at radius 1 is 0.906 bits per heavy atom. The normalized spacial score (nSPS) is 12.7. The number of aliphatic carboxylic acids is 1. The van der Waals surface area contributed by atoms with E-state index >= 15 is 0 Å². The van der Waals surface area contributed by atoms with Crippen LogP contribution in [0.4, 0.5) is 5.69 Å². The molecule has 0 fully saturated rings. The highest BCUT2D eigenvalue weighted by molar-refractivity contribution is 6.31. The van der Waals surface area contributed by atoms with Crippen LogP contribution in [0, 0.1) is 13.8 Å². The largest absolute Gasteiger partial charge is 0.480 e. The van der Waals surface area contributed by atoms with E-state index in [0.29, 0.717) is 5.56 Å². The standard InChI is InChI=1S/C26H27ClN2O3/c1-15-12-21(8-10-23(15)25(30)29-18(4)26(31)32)20-6-5-7-22(14-20)28-17(3)19-9-11-24(27)16(2)13-19/h5-14,17-18,28H,1-4H3,(H,29,30)(H,31,32)/t17-,18+/m1/s1. The first kappa shape index (κ1) is 23.4. The summed E-state index contributed by atoms with van der Waals surface area (Å²) in [6.45, 7) is 7.38. The van der Waals surface area contributed by atoms with Gasteiger partial charge in [-0.15, -0.1) is 0 Å². The number of carboxylic acids is 1. The van der Waals surface area contributed by atoms with E-state index in [4.69, 9.17) is 16.7 Å². The zero-order chi connectivity index (χ0) is 23.4. The van der Waals surface area contributed by atoms with E-state index in [0.717, 1.165) is 38.5 Å². The molecule has 0 bridgehead atoms. The van der Waals surface area contributed by atoms with E-state index in [2.05, 4.69) is 29.7 Å². The maximum atomic E-state index is 12.4. The first-order chi connectivity index (χ1) is 15.2. The van der Waals surface area contributed by atoms with Gasteiger partial charge in [0.2, 0.25) is 0 Å². The molecule has 0 saturated heterocycles. The summed E-state index contributed by atoms with van der Waals surface area (Å²) < 4.78 is 0. The second-order valence-corrected chi connectivity index (χ2v) is 8.43. The van der Waals surface area contributed by atoms with Crippen molar-refractivity contribution >= 4 is 29.2 Å². The van der Waals surface area contributed by atoms with Crippen molar-refractivity contribution in [2.24, 2.45) is 0 Å². The number of halogens is 1. The van der Waals surface area contributed by atoms with Crippen molar-refractivity contribution in [3.05, 3.63) is 87.9 Å². The van der Waals surface area contributed by atoms with E-state index < -0.39 is 17.9 Å². The van der Waals surface area contributed by atoms with Crippen molar-refractivity contribution in [3.63, 3.8) is 0 Å². The molecule has 2 atom stereocenters. The maximum absolute atomic E-state index is 12.4. The predicted molar refractivity (Wildman–Crippen MR) is 129 cm³/mol. The van der Waals surface area contributed by atoms with Gasteiger partial charge in [0.05, 0.1) is 0 Å². The zero-order valence-electron chi connectivity index (χ0n) is 18.6. The Hall–Kier alpha value is -3.31. The first-order valence-electron chi connectivity index (χ1n) is 10.4. The van der Waals surface area contributed by atoms with Crippen molar-refractivity contribution in [2.75, 3.05) is 5.32 Å². The van der Waals surface area contributed by atoms with Crippen molar-refractivity contribution in [1.29, 1.82) is 0 Å². The molecule has 0 aliphatic carbocycles. The minimum Gasteiger partial charge on any atom is -0.480 e. The molecule has 1 amide bonds. The number of carboxylic acid groups (broad SMARTS) is 1. The highest BCUT2D eigenvalue weighted by Gasteiger charge is 2.17. The monoisotopic (exact) mass is 450 g/mol. The Balaban J connectivity index is 1.78. The first-order valence-corrected chi connectivity index (χ1v) is 10.8. The summed E-state index contributed by atoms with van der Waals surface area (Å²) in [4.78, 5) is 23.4. The third kappa shape index (κ3) is 5.48. The number of anilines is 1. The molecule has 0 radical (unpaired) electrons. The molecule has 3 N–H and O–H groups in total. The SMILES string of the molecule is Cc1cc([C@@H](C)Nc2cccc(-c3ccc(C(=O)N[C@@H](C)C(=O)O)c(C)c3)c2)ccc1Cl. The molecule has 0 spiro atoms. The van der Waals surface area contributed by atoms with Crippen molar-refractivity contribution in [2.45, 2.75) is 39.8 Å². The van der Waals surface area contributed by atoms with Crippen molar-refractivity contribution < 1.29 is 14.7 Å². The highest BCUT2D eigenvalue weighted by atomic mass is 35.5. The fourth-order valence-corrected chi connectivity index (χ4v) is 3.61. The Morgan fingerprint density at radius 2 is 1.62 bits per heavy atom. The number of amides is 1. The topological polar surface area (TPSA) is 78.4 Å². The lowest BCUT2D eigenvalue weighted by Crippen LogP contribution is -2.38. The molecule has 5 nitrogen and oxygen atoms in total. The fourth-order valence-electron chi connectivity index (χ4n) is 3.49. The van der Waals surface area contributed by atoms with E-state index in [9.17, 15) is 9.59 Å². The number of carbonyl (C=O) groups excluding carboxylic acids is 1. The molecular formula is C26H27ClN2O3. The second-order valence-electron chi connectivity index (χ2n) is 8.02. The minimum atomic E-state index is -1.07. The maximum Gasteiger partial charge on any atom is 0.325 e. The third-order valence-corrected chi connectivity index (χ3v) is 5.87. The van der Waals surface area contributed by atoms with Crippen LogP contribution in [0.2, 0.25) is 5.02 Å². The summed E-state index contributed by atoms with van der Waals surface area (Å²) in [7, 11) is 0. The van der Waals surface area contributed by atoms with Gasteiger partial charge < -0.3 is 15.7 Å². The number of nitrogens with one attached hydrogen (secondary N) is 2. The van der Waals surface area contributed by atoms with Crippen LogP contribution < -0.4 is 10.6 Å². The Morgan fingerprint density at radius 3 is 2.28 bits per heavy atom. The molecule has 3 aromatic carbocycles. The lowest BCUT2D eigenvalue weighted by atomic mass is 9.98. The van der Waals surface area contributed by atoms with Gasteiger partial charge in [0, 0.05) is 22.3 Å². The average Bonchev–Trinajstić information content (AvgIpc) is 2.75. The Kier molecular flexibility index (Phi) is 7.21. The van der Waals surface area contributed by atoms with Crippen LogP contribution in [0.1, 0.15) is 46.9 Å². The van der Waals surface area contributed by atoms with Gasteiger partial charge in [-0.05, 0) is 79.8 Å². The molecule has 6 heteroatoms. The van der Waals surface area contributed by atoms with Crippen LogP contribution in [-0.2, 0) is 4.79 Å². The van der Waals surface area contributed by atoms with Crippen LogP contribution >= 0.6 is 11.6 Å². The number of rotatable bonds is 7. The van der Waals surface area contributed by atoms with Gasteiger partial charge in [-0.1, -0.05) is 48.0 Å². The lowest BCUT2D eigenvalue weighted by Gasteiger charge is -2.18. The molecule has 0 heterocycles. The van der Waals surface area contributed by atoms with E-state index in [1.165, 1.54) is 6.92 Å². The molecule has 3 aromatic rings. The van der Waals surface area contributed by atoms with Gasteiger partial charge in [0.25, 0.3) is 5.91 Å². The summed E-state index contributed by atoms with van der Waals surface area (Å²) in [5.41, 5.74) is 6.41. The molecule has 32 heavy (non-hydrogen) atoms. The quantitative estimate of drug-likeness (QED) is 0.412. The summed E-state index contributed by atoms with van der Waals surface area (Å²) in [6, 6.07) is 18.8. The van der Waals surface area contributed by atoms with Gasteiger partial charge in [-0.25, -0.2) is 0 Å². The van der Waals surface area contributed by atoms with E-state index in [1.54, 1.807) is 6.07 Å². The molecule has 0 aliphatic heterocycles. The number of hydrogen-bond donors (Lipinski definition) is 3. The highest BCUT2D eigenvalue weighted by Crippen LogP contribution is 2.28. The number of hydrogen-bond acceptors (Lipinski definition) is 3. The molecule has 0 saturated carbocycles. The Bertz CT molecular complexity index is 1160. The summed E-state index contributed by atoms with van der Waals surface area (Å²) in [5.74, 6) is -1.47. The zero-order valence-corrected chi connectivity index (χ0v) is 19.3. The van der Waals surface area contributed by atoms with Gasteiger partial charge in [-0.2, -0.15) is 0 Å². The lowest BCUT2D eigenvalue weighted by molar-refractivity contribution is -0.138. The van der Waals surface area contributed by atoms with Gasteiger partial charge in [-0.3, -0.25) is 9.59 Å². The fraction of sp³-hybridized carbons (Fsp3) is 0.231. The van der Waals surface area contributed by atoms with Crippen LogP contribution in [0.25, 0.3) is 11.1 Å². The molecule has 166 valence electrons. The smallest absolute Gasteiger partial charge is 0.325 e. The molecule has 3 rings (SSSR count). The van der Waals surface area contributed by atoms with Crippen molar-refractivity contribution in [1.82, 2.24) is 5.32 Å². The summed E-state index contributed by atoms with van der Waals surface area (Å²) in [5, 5.41) is 15.8. The van der Waals surface area contributed by atoms with Gasteiger partial charge in [0.15, 0.2) is 0 Å². The molecule has 0 aliphatic rings. The molecule has 0 unspecified atom stereocenters. The third-order valence-electron chi connectivity index (χ3n) is 5.45. The summed E-state index contributed by atoms with van der Waals surface area (Å²) in [6.07, 6.45) is 0.